The second kappa shape index (κ2) is 6.93. The van der Waals surface area contributed by atoms with Gasteiger partial charge in [-0.05, 0) is 30.5 Å². The van der Waals surface area contributed by atoms with E-state index in [1.807, 2.05) is 4.90 Å². The summed E-state index contributed by atoms with van der Waals surface area (Å²) >= 11 is 0. The van der Waals surface area contributed by atoms with Crippen LogP contribution in [0.4, 0.5) is 10.1 Å². The predicted octanol–water partition coefficient (Wildman–Crippen LogP) is 2.07. The highest BCUT2D eigenvalue weighted by Gasteiger charge is 2.37. The molecule has 33 heavy (non-hydrogen) atoms. The van der Waals surface area contributed by atoms with Crippen molar-refractivity contribution in [2.24, 2.45) is 11.7 Å². The minimum Gasteiger partial charge on any atom is -0.508 e. The number of anilines is 1. The number of hydrogen-bond acceptors (Lipinski definition) is 7. The molecule has 6 rings (SSSR count). The van der Waals surface area contributed by atoms with Gasteiger partial charge in [0.15, 0.2) is 17.3 Å². The van der Waals surface area contributed by atoms with Crippen LogP contribution in [-0.2, 0) is 0 Å². The van der Waals surface area contributed by atoms with E-state index in [-0.39, 0.29) is 34.5 Å². The maximum absolute atomic E-state index is 15.5. The number of hydrogen-bond donors (Lipinski definition) is 3. The molecule has 1 aromatic heterocycles. The lowest BCUT2D eigenvalue weighted by molar-refractivity contribution is 0.0695. The Morgan fingerprint density at radius 3 is 2.79 bits per heavy atom. The van der Waals surface area contributed by atoms with E-state index in [1.54, 1.807) is 6.07 Å². The Labute approximate surface area is 187 Å². The quantitative estimate of drug-likeness (QED) is 0.403. The van der Waals surface area contributed by atoms with E-state index < -0.39 is 22.8 Å². The number of phenolic OH excluding ortho intramolecular Hbond substituents is 1. The third kappa shape index (κ3) is 3.05. The van der Waals surface area contributed by atoms with Crippen LogP contribution in [-0.4, -0.2) is 58.0 Å². The number of carboxylic acids is 1. The second-order valence-electron chi connectivity index (χ2n) is 8.86. The second-order valence-corrected chi connectivity index (χ2v) is 8.86. The fourth-order valence-electron chi connectivity index (χ4n) is 4.96. The van der Waals surface area contributed by atoms with Crippen LogP contribution < -0.4 is 20.8 Å². The van der Waals surface area contributed by atoms with E-state index >= 15 is 4.39 Å². The Kier molecular flexibility index (Phi) is 4.20. The van der Waals surface area contributed by atoms with Crippen molar-refractivity contribution in [3.05, 3.63) is 52.1 Å². The van der Waals surface area contributed by atoms with Gasteiger partial charge >= 0.3 is 5.97 Å². The molecule has 2 fully saturated rings. The first-order valence-corrected chi connectivity index (χ1v) is 10.7. The summed E-state index contributed by atoms with van der Waals surface area (Å²) in [7, 11) is 0. The topological polar surface area (TPSA) is 121 Å². The van der Waals surface area contributed by atoms with Crippen LogP contribution in [0, 0.1) is 11.7 Å². The van der Waals surface area contributed by atoms with Gasteiger partial charge in [-0.1, -0.05) is 0 Å². The number of fused-ring (bicyclic) bond motifs is 2. The summed E-state index contributed by atoms with van der Waals surface area (Å²) in [6.45, 7) is 2.92. The Balaban J connectivity index is 1.54. The standard InChI is InChI=1S/C23H21FN4O5/c24-15-6-13-19-22(20(15)26-4-3-11(7-26)8-27-10-18(27)25)33-17-5-12(29)1-2-16(17)28(19)9-14(21(13)30)23(31)32/h1-2,5-6,9,11,18,29H,3-4,7-8,10,25H2,(H,31,32). The first-order chi connectivity index (χ1) is 15.8. The average molecular weight is 452 g/mol. The molecule has 0 radical (unpaired) electrons. The van der Waals surface area contributed by atoms with Gasteiger partial charge in [-0.15, -0.1) is 0 Å². The summed E-state index contributed by atoms with van der Waals surface area (Å²) in [5, 5.41) is 19.4. The van der Waals surface area contributed by atoms with Crippen molar-refractivity contribution in [2.75, 3.05) is 31.1 Å². The molecule has 3 aromatic rings. The lowest BCUT2D eigenvalue weighted by Crippen LogP contribution is -2.26. The number of nitrogens with zero attached hydrogens (tertiary/aromatic N) is 3. The third-order valence-corrected chi connectivity index (χ3v) is 6.67. The van der Waals surface area contributed by atoms with Crippen LogP contribution in [0.5, 0.6) is 17.2 Å². The molecule has 0 amide bonds. The van der Waals surface area contributed by atoms with Crippen molar-refractivity contribution in [2.45, 2.75) is 12.6 Å². The Bertz CT molecular complexity index is 1400. The predicted molar refractivity (Wildman–Crippen MR) is 118 cm³/mol. The maximum Gasteiger partial charge on any atom is 0.341 e. The number of halogens is 1. The molecule has 3 aliphatic rings. The number of ether oxygens (including phenoxy) is 1. The number of aromatic carboxylic acids is 1. The van der Waals surface area contributed by atoms with E-state index in [1.165, 1.54) is 22.9 Å². The first kappa shape index (κ1) is 20.0. The zero-order chi connectivity index (χ0) is 23.0. The molecule has 10 heteroatoms. The molecule has 3 aliphatic heterocycles. The summed E-state index contributed by atoms with van der Waals surface area (Å²) < 4.78 is 23.1. The number of carbonyl (C=O) groups is 1. The average Bonchev–Trinajstić information content (AvgIpc) is 3.25. The van der Waals surface area contributed by atoms with E-state index in [0.29, 0.717) is 30.2 Å². The van der Waals surface area contributed by atoms with Crippen LogP contribution in [0.2, 0.25) is 0 Å². The van der Waals surface area contributed by atoms with Crippen molar-refractivity contribution >= 4 is 22.6 Å². The smallest absolute Gasteiger partial charge is 0.341 e. The van der Waals surface area contributed by atoms with Crippen LogP contribution in [0.1, 0.15) is 16.8 Å². The van der Waals surface area contributed by atoms with E-state index in [9.17, 15) is 19.8 Å². The number of aromatic nitrogens is 1. The molecule has 170 valence electrons. The highest BCUT2D eigenvalue weighted by atomic mass is 19.1. The molecule has 9 nitrogen and oxygen atoms in total. The summed E-state index contributed by atoms with van der Waals surface area (Å²) in [6.07, 6.45) is 2.19. The lowest BCUT2D eigenvalue weighted by atomic mass is 10.1. The number of aromatic hydroxyl groups is 1. The summed E-state index contributed by atoms with van der Waals surface area (Å²) in [5.41, 5.74) is 5.61. The van der Waals surface area contributed by atoms with Crippen molar-refractivity contribution in [3.63, 3.8) is 0 Å². The molecule has 3 unspecified atom stereocenters. The highest BCUT2D eigenvalue weighted by Crippen LogP contribution is 2.48. The van der Waals surface area contributed by atoms with E-state index in [4.69, 9.17) is 10.5 Å². The number of pyridine rings is 1. The van der Waals surface area contributed by atoms with Crippen LogP contribution >= 0.6 is 0 Å². The number of nitrogens with two attached hydrogens (primary N) is 1. The van der Waals surface area contributed by atoms with Gasteiger partial charge in [-0.2, -0.15) is 0 Å². The summed E-state index contributed by atoms with van der Waals surface area (Å²) in [6, 6.07) is 5.48. The van der Waals surface area contributed by atoms with Gasteiger partial charge in [0.25, 0.3) is 0 Å². The number of benzene rings is 2. The molecular weight excluding hydrogens is 431 g/mol. The Morgan fingerprint density at radius 2 is 2.06 bits per heavy atom. The summed E-state index contributed by atoms with van der Waals surface area (Å²) in [5.74, 6) is -1.42. The maximum atomic E-state index is 15.5. The van der Waals surface area contributed by atoms with Crippen LogP contribution in [0.15, 0.2) is 35.3 Å². The third-order valence-electron chi connectivity index (χ3n) is 6.67. The molecule has 0 saturated carbocycles. The zero-order valence-corrected chi connectivity index (χ0v) is 17.5. The Hall–Kier alpha value is -3.63. The molecule has 2 saturated heterocycles. The molecule has 0 bridgehead atoms. The minimum atomic E-state index is -1.40. The normalized spacial score (nSPS) is 22.8. The highest BCUT2D eigenvalue weighted by molar-refractivity contribution is 5.99. The lowest BCUT2D eigenvalue weighted by Gasteiger charge is -2.29. The number of carboxylic acid groups (broad SMARTS) is 1. The molecule has 3 atom stereocenters. The molecule has 2 aromatic carbocycles. The van der Waals surface area contributed by atoms with Crippen molar-refractivity contribution in [3.8, 4) is 22.9 Å². The van der Waals surface area contributed by atoms with Crippen molar-refractivity contribution in [1.29, 1.82) is 0 Å². The van der Waals surface area contributed by atoms with Gasteiger partial charge in [0.1, 0.15) is 22.5 Å². The molecule has 4 N–H and O–H groups in total. The molecule has 0 aliphatic carbocycles. The van der Waals surface area contributed by atoms with E-state index in [0.717, 1.165) is 25.6 Å². The van der Waals surface area contributed by atoms with E-state index in [2.05, 4.69) is 4.90 Å². The van der Waals surface area contributed by atoms with Gasteiger partial charge < -0.3 is 30.2 Å². The minimum absolute atomic E-state index is 0.0537. The van der Waals surface area contributed by atoms with Gasteiger partial charge in [0, 0.05) is 38.4 Å². The van der Waals surface area contributed by atoms with Crippen LogP contribution in [0.25, 0.3) is 16.6 Å². The monoisotopic (exact) mass is 452 g/mol. The zero-order valence-electron chi connectivity index (χ0n) is 17.5. The van der Waals surface area contributed by atoms with Gasteiger partial charge in [0.05, 0.1) is 17.2 Å². The fraction of sp³-hybridized carbons (Fsp3) is 0.304. The van der Waals surface area contributed by atoms with Gasteiger partial charge in [-0.3, -0.25) is 9.69 Å². The van der Waals surface area contributed by atoms with Gasteiger partial charge in [0.2, 0.25) is 5.43 Å². The largest absolute Gasteiger partial charge is 0.508 e. The molecule has 0 spiro atoms. The fourth-order valence-corrected chi connectivity index (χ4v) is 4.96. The molecule has 4 heterocycles. The van der Waals surface area contributed by atoms with Crippen LogP contribution in [0.3, 0.4) is 0 Å². The Morgan fingerprint density at radius 1 is 1.27 bits per heavy atom. The number of phenols is 1. The van der Waals surface area contributed by atoms with Gasteiger partial charge in [-0.25, -0.2) is 9.18 Å². The molecular formula is C23H21FN4O5. The first-order valence-electron chi connectivity index (χ1n) is 10.7. The van der Waals surface area contributed by atoms with Crippen molar-refractivity contribution in [1.82, 2.24) is 9.47 Å². The summed E-state index contributed by atoms with van der Waals surface area (Å²) in [4.78, 5) is 28.7. The SMILES string of the molecule is NC1CN1CC1CCN(c2c(F)cc3c(=O)c(C(=O)O)cn4c3c2Oc2cc(O)ccc2-4)C1. The van der Waals surface area contributed by atoms with Crippen molar-refractivity contribution < 1.29 is 24.1 Å². The number of rotatable bonds is 4.